The molecule has 0 saturated carbocycles. The minimum atomic E-state index is -0.981. The van der Waals surface area contributed by atoms with Gasteiger partial charge in [-0.15, -0.1) is 0 Å². The SMILES string of the molecule is CCOc1c(Br)c(-c2cccc(C(=O)O)c2)nn1CCOc1ccc(Br)cc1C. The number of benzene rings is 2. The zero-order chi connectivity index (χ0) is 21.0. The van der Waals surface area contributed by atoms with E-state index in [9.17, 15) is 9.90 Å². The van der Waals surface area contributed by atoms with Crippen LogP contribution in [-0.2, 0) is 6.54 Å². The predicted molar refractivity (Wildman–Crippen MR) is 118 cm³/mol. The highest BCUT2D eigenvalue weighted by Crippen LogP contribution is 2.36. The maximum Gasteiger partial charge on any atom is 0.335 e. The molecule has 29 heavy (non-hydrogen) atoms. The molecule has 3 aromatic rings. The zero-order valence-electron chi connectivity index (χ0n) is 16.0. The van der Waals surface area contributed by atoms with Crippen molar-refractivity contribution >= 4 is 37.8 Å². The summed E-state index contributed by atoms with van der Waals surface area (Å²) in [7, 11) is 0. The zero-order valence-corrected chi connectivity index (χ0v) is 19.2. The topological polar surface area (TPSA) is 73.6 Å². The Bertz CT molecular complexity index is 1030. The number of halogens is 2. The predicted octanol–water partition coefficient (Wildman–Crippen LogP) is 5.56. The number of aryl methyl sites for hydroxylation is 1. The molecule has 6 nitrogen and oxygen atoms in total. The summed E-state index contributed by atoms with van der Waals surface area (Å²) in [4.78, 5) is 11.3. The summed E-state index contributed by atoms with van der Waals surface area (Å²) in [6, 6.07) is 12.5. The van der Waals surface area contributed by atoms with Crippen LogP contribution < -0.4 is 9.47 Å². The molecule has 0 saturated heterocycles. The quantitative estimate of drug-likeness (QED) is 0.418. The molecule has 0 radical (unpaired) electrons. The van der Waals surface area contributed by atoms with Gasteiger partial charge >= 0.3 is 5.97 Å². The molecule has 1 heterocycles. The summed E-state index contributed by atoms with van der Waals surface area (Å²) in [6.45, 7) is 5.25. The fourth-order valence-electron chi connectivity index (χ4n) is 2.85. The van der Waals surface area contributed by atoms with Crippen molar-refractivity contribution in [1.82, 2.24) is 9.78 Å². The third-order valence-corrected chi connectivity index (χ3v) is 5.42. The van der Waals surface area contributed by atoms with E-state index in [1.807, 2.05) is 38.1 Å². The average Bonchev–Trinajstić information content (AvgIpc) is 3.00. The van der Waals surface area contributed by atoms with Crippen molar-refractivity contribution in [3.63, 3.8) is 0 Å². The van der Waals surface area contributed by atoms with E-state index in [0.717, 1.165) is 15.8 Å². The number of carboxylic acids is 1. The molecule has 0 bridgehead atoms. The fraction of sp³-hybridized carbons (Fsp3) is 0.238. The molecule has 0 aliphatic heterocycles. The Kier molecular flexibility index (Phi) is 6.97. The Morgan fingerprint density at radius 2 is 1.97 bits per heavy atom. The molecule has 0 spiro atoms. The second kappa shape index (κ2) is 9.45. The van der Waals surface area contributed by atoms with Crippen LogP contribution in [-0.4, -0.2) is 34.1 Å². The summed E-state index contributed by atoms with van der Waals surface area (Å²) in [6.07, 6.45) is 0. The Hall–Kier alpha value is -2.32. The number of aromatic carboxylic acids is 1. The van der Waals surface area contributed by atoms with E-state index in [1.165, 1.54) is 0 Å². The van der Waals surface area contributed by atoms with Gasteiger partial charge in [0.25, 0.3) is 0 Å². The van der Waals surface area contributed by atoms with Crippen molar-refractivity contribution in [2.75, 3.05) is 13.2 Å². The number of nitrogens with zero attached hydrogens (tertiary/aromatic N) is 2. The van der Waals surface area contributed by atoms with Crippen LogP contribution >= 0.6 is 31.9 Å². The standard InChI is InChI=1S/C21H20Br2N2O4/c1-3-28-20-18(23)19(14-5-4-6-15(12-14)21(26)27)24-25(20)9-10-29-17-8-7-16(22)11-13(17)2/h4-8,11-12H,3,9-10H2,1-2H3,(H,26,27). The van der Waals surface area contributed by atoms with E-state index < -0.39 is 5.97 Å². The van der Waals surface area contributed by atoms with Crippen molar-refractivity contribution in [3.05, 3.63) is 62.5 Å². The summed E-state index contributed by atoms with van der Waals surface area (Å²) >= 11 is 7.00. The molecule has 0 aliphatic carbocycles. The number of carboxylic acid groups (broad SMARTS) is 1. The summed E-state index contributed by atoms with van der Waals surface area (Å²) < 4.78 is 15.1. The van der Waals surface area contributed by atoms with E-state index in [2.05, 4.69) is 37.0 Å². The lowest BCUT2D eigenvalue weighted by Gasteiger charge is -2.11. The van der Waals surface area contributed by atoms with Gasteiger partial charge in [-0.25, -0.2) is 9.48 Å². The van der Waals surface area contributed by atoms with E-state index in [-0.39, 0.29) is 5.56 Å². The largest absolute Gasteiger partial charge is 0.491 e. The number of carbonyl (C=O) groups is 1. The molecule has 8 heteroatoms. The number of rotatable bonds is 8. The van der Waals surface area contributed by atoms with Gasteiger partial charge in [-0.2, -0.15) is 5.10 Å². The van der Waals surface area contributed by atoms with E-state index >= 15 is 0 Å². The van der Waals surface area contributed by atoms with E-state index in [0.29, 0.717) is 41.4 Å². The van der Waals surface area contributed by atoms with Gasteiger partial charge in [0.1, 0.15) is 22.5 Å². The van der Waals surface area contributed by atoms with Gasteiger partial charge in [-0.05, 0) is 65.7 Å². The van der Waals surface area contributed by atoms with Crippen LogP contribution in [0.3, 0.4) is 0 Å². The number of ether oxygens (including phenoxy) is 2. The van der Waals surface area contributed by atoms with Gasteiger partial charge in [0.05, 0.1) is 18.7 Å². The minimum Gasteiger partial charge on any atom is -0.491 e. The minimum absolute atomic E-state index is 0.205. The maximum atomic E-state index is 11.3. The normalized spacial score (nSPS) is 10.8. The van der Waals surface area contributed by atoms with Crippen LogP contribution in [0.5, 0.6) is 11.6 Å². The summed E-state index contributed by atoms with van der Waals surface area (Å²) in [5, 5.41) is 13.9. The van der Waals surface area contributed by atoms with Gasteiger partial charge in [0, 0.05) is 10.0 Å². The van der Waals surface area contributed by atoms with Gasteiger partial charge in [0.2, 0.25) is 5.88 Å². The molecular formula is C21H20Br2N2O4. The first kappa shape index (κ1) is 21.4. The molecule has 0 atom stereocenters. The van der Waals surface area contributed by atoms with Crippen LogP contribution in [0.4, 0.5) is 0 Å². The second-order valence-electron chi connectivity index (χ2n) is 6.27. The highest BCUT2D eigenvalue weighted by molar-refractivity contribution is 9.11. The third-order valence-electron chi connectivity index (χ3n) is 4.21. The Morgan fingerprint density at radius 1 is 1.17 bits per heavy atom. The molecule has 2 aromatic carbocycles. The lowest BCUT2D eigenvalue weighted by molar-refractivity contribution is 0.0697. The Labute approximate surface area is 185 Å². The van der Waals surface area contributed by atoms with Crippen molar-refractivity contribution < 1.29 is 19.4 Å². The highest BCUT2D eigenvalue weighted by Gasteiger charge is 2.19. The summed E-state index contributed by atoms with van der Waals surface area (Å²) in [5.74, 6) is 0.414. The average molecular weight is 524 g/mol. The van der Waals surface area contributed by atoms with Gasteiger partial charge in [-0.3, -0.25) is 0 Å². The first-order valence-corrected chi connectivity index (χ1v) is 10.6. The number of hydrogen-bond acceptors (Lipinski definition) is 4. The van der Waals surface area contributed by atoms with Crippen LogP contribution in [0.15, 0.2) is 51.4 Å². The molecule has 1 aromatic heterocycles. The van der Waals surface area contributed by atoms with Crippen LogP contribution in [0.2, 0.25) is 0 Å². The van der Waals surface area contributed by atoms with Gasteiger partial charge in [-0.1, -0.05) is 28.1 Å². The van der Waals surface area contributed by atoms with Gasteiger partial charge < -0.3 is 14.6 Å². The van der Waals surface area contributed by atoms with Crippen molar-refractivity contribution in [2.45, 2.75) is 20.4 Å². The molecule has 3 rings (SSSR count). The second-order valence-corrected chi connectivity index (χ2v) is 7.98. The van der Waals surface area contributed by atoms with Crippen molar-refractivity contribution in [1.29, 1.82) is 0 Å². The van der Waals surface area contributed by atoms with E-state index in [4.69, 9.17) is 9.47 Å². The molecule has 152 valence electrons. The lowest BCUT2D eigenvalue weighted by Crippen LogP contribution is -2.12. The van der Waals surface area contributed by atoms with E-state index in [1.54, 1.807) is 22.9 Å². The Morgan fingerprint density at radius 3 is 2.66 bits per heavy atom. The smallest absolute Gasteiger partial charge is 0.335 e. The fourth-order valence-corrected chi connectivity index (χ4v) is 3.95. The van der Waals surface area contributed by atoms with Crippen molar-refractivity contribution in [2.24, 2.45) is 0 Å². The van der Waals surface area contributed by atoms with Crippen LogP contribution in [0.1, 0.15) is 22.8 Å². The third kappa shape index (κ3) is 5.00. The summed E-state index contributed by atoms with van der Waals surface area (Å²) in [5.41, 5.74) is 2.56. The number of aromatic nitrogens is 2. The highest BCUT2D eigenvalue weighted by atomic mass is 79.9. The van der Waals surface area contributed by atoms with Crippen molar-refractivity contribution in [3.8, 4) is 22.9 Å². The first-order valence-electron chi connectivity index (χ1n) is 9.02. The lowest BCUT2D eigenvalue weighted by atomic mass is 10.1. The van der Waals surface area contributed by atoms with Crippen LogP contribution in [0, 0.1) is 6.92 Å². The van der Waals surface area contributed by atoms with Gasteiger partial charge in [0.15, 0.2) is 0 Å². The Balaban J connectivity index is 1.84. The number of hydrogen-bond donors (Lipinski definition) is 1. The first-order chi connectivity index (χ1) is 13.9. The molecule has 0 fully saturated rings. The molecular weight excluding hydrogens is 504 g/mol. The maximum absolute atomic E-state index is 11.3. The monoisotopic (exact) mass is 522 g/mol. The molecule has 1 N–H and O–H groups in total. The molecule has 0 unspecified atom stereocenters. The molecule has 0 aliphatic rings. The molecule has 0 amide bonds. The van der Waals surface area contributed by atoms with Crippen LogP contribution in [0.25, 0.3) is 11.3 Å².